The molecule has 1 saturated heterocycles. The normalized spacial score (nSPS) is 23.9. The van der Waals surface area contributed by atoms with Crippen LogP contribution in [0.1, 0.15) is 180 Å². The Bertz CT molecular complexity index is 3190. The van der Waals surface area contributed by atoms with Crippen molar-refractivity contribution in [1.29, 1.82) is 0 Å². The van der Waals surface area contributed by atoms with Gasteiger partial charge in [0.15, 0.2) is 0 Å². The lowest BCUT2D eigenvalue weighted by molar-refractivity contribution is 0.179. The first-order chi connectivity index (χ1) is 33.4. The minimum Gasteiger partial charge on any atom is -0.499 e. The molecule has 0 aromatic heterocycles. The number of fused-ring (bicyclic) bond motifs is 7. The second kappa shape index (κ2) is 15.6. The van der Waals surface area contributed by atoms with Crippen molar-refractivity contribution >= 4 is 46.3 Å². The van der Waals surface area contributed by atoms with Gasteiger partial charge in [-0.05, 0) is 191 Å². The summed E-state index contributed by atoms with van der Waals surface area (Å²) in [7, 11) is 0. The number of rotatable bonds is 4. The van der Waals surface area contributed by atoms with E-state index in [9.17, 15) is 0 Å². The van der Waals surface area contributed by atoms with Crippen LogP contribution in [0.2, 0.25) is 0 Å². The van der Waals surface area contributed by atoms with E-state index in [1.54, 1.807) is 0 Å². The molecule has 1 N–H and O–H groups in total. The SMILES string of the molecule is CC(C)(C)C1=CC2C3=C(OC2C=C1)B1c2cc4c(cc2N(c2ccc5c(c2)C(C)(C)CCC5(C)C)c2cc(C5CCN5)cc(c21)C=C3c1ccc(C(C)(C)C)cc1-c1ccccc1)C(C)(C)CCC4(C)C. The molecule has 0 spiro atoms. The fraction of sp³-hybridized carbons (Fsp3) is 0.433. The molecule has 3 aliphatic carbocycles. The van der Waals surface area contributed by atoms with Crippen molar-refractivity contribution in [2.45, 2.75) is 168 Å². The van der Waals surface area contributed by atoms with E-state index in [1.165, 1.54) is 113 Å². The van der Waals surface area contributed by atoms with Gasteiger partial charge in [0.1, 0.15) is 6.10 Å². The van der Waals surface area contributed by atoms with E-state index in [0.717, 1.165) is 31.5 Å². The van der Waals surface area contributed by atoms with Gasteiger partial charge in [-0.15, -0.1) is 0 Å². The Morgan fingerprint density at radius 3 is 1.93 bits per heavy atom. The van der Waals surface area contributed by atoms with Crippen LogP contribution >= 0.6 is 0 Å². The molecule has 364 valence electrons. The number of benzene rings is 5. The largest absolute Gasteiger partial charge is 0.499 e. The molecule has 5 aromatic carbocycles. The summed E-state index contributed by atoms with van der Waals surface area (Å²) in [5.74, 6) is 0.0487. The highest BCUT2D eigenvalue weighted by molar-refractivity contribution is 6.94. The van der Waals surface area contributed by atoms with E-state index < -0.39 is 0 Å². The Labute approximate surface area is 427 Å². The van der Waals surface area contributed by atoms with Crippen molar-refractivity contribution in [2.75, 3.05) is 11.4 Å². The minimum absolute atomic E-state index is 0.0161. The van der Waals surface area contributed by atoms with Crippen molar-refractivity contribution in [3.63, 3.8) is 0 Å². The zero-order valence-corrected chi connectivity index (χ0v) is 45.4. The lowest BCUT2D eigenvalue weighted by Gasteiger charge is -2.46. The molecule has 4 aliphatic heterocycles. The fourth-order valence-electron chi connectivity index (χ4n) is 13.7. The van der Waals surface area contributed by atoms with Gasteiger partial charge >= 0.3 is 0 Å². The van der Waals surface area contributed by atoms with Gasteiger partial charge in [-0.2, -0.15) is 0 Å². The van der Waals surface area contributed by atoms with Crippen LogP contribution in [0.15, 0.2) is 126 Å². The van der Waals surface area contributed by atoms with Crippen LogP contribution in [0.3, 0.4) is 0 Å². The first-order valence-corrected chi connectivity index (χ1v) is 27.2. The summed E-state index contributed by atoms with van der Waals surface area (Å²) in [5, 5.41) is 3.86. The molecule has 0 saturated carbocycles. The zero-order valence-electron chi connectivity index (χ0n) is 45.4. The Hall–Kier alpha value is -5.32. The molecule has 71 heavy (non-hydrogen) atoms. The predicted octanol–water partition coefficient (Wildman–Crippen LogP) is 15.7. The highest BCUT2D eigenvalue weighted by Crippen LogP contribution is 2.55. The molecule has 4 heterocycles. The predicted molar refractivity (Wildman–Crippen MR) is 303 cm³/mol. The Balaban J connectivity index is 1.22. The number of ether oxygens (including phenoxy) is 1. The average Bonchev–Trinajstić information content (AvgIpc) is 3.60. The highest BCUT2D eigenvalue weighted by atomic mass is 16.5. The third kappa shape index (κ3) is 7.37. The van der Waals surface area contributed by atoms with Gasteiger partial charge in [-0.25, -0.2) is 0 Å². The Morgan fingerprint density at radius 2 is 1.30 bits per heavy atom. The molecular weight excluding hydrogens is 860 g/mol. The summed E-state index contributed by atoms with van der Waals surface area (Å²) >= 11 is 0. The van der Waals surface area contributed by atoms with Gasteiger partial charge in [-0.3, -0.25) is 0 Å². The Morgan fingerprint density at radius 1 is 0.648 bits per heavy atom. The second-order valence-corrected chi connectivity index (χ2v) is 27.4. The molecule has 3 unspecified atom stereocenters. The molecule has 0 bridgehead atoms. The van der Waals surface area contributed by atoms with Gasteiger partial charge in [0.25, 0.3) is 6.71 Å². The maximum absolute atomic E-state index is 7.78. The van der Waals surface area contributed by atoms with Crippen LogP contribution in [0.25, 0.3) is 22.8 Å². The maximum atomic E-state index is 7.78. The van der Waals surface area contributed by atoms with Crippen molar-refractivity contribution in [1.82, 2.24) is 5.32 Å². The van der Waals surface area contributed by atoms with E-state index in [2.05, 4.69) is 222 Å². The van der Waals surface area contributed by atoms with Crippen LogP contribution in [-0.2, 0) is 31.8 Å². The standard InChI is InChI=1S/C67H77BN2O/c1-62(2,3)43-20-23-46(47(35-43)40-18-16-15-17-19-40)48-33-42-32-41(55-26-31-69-55)34-57-60(42)68(61-59(48)49-36-44(63(4,5)6)21-25-58(49)71-61)54-38-52-53(67(13,14)30-29-66(52,11)12)39-56(54)70(57)45-22-24-50-51(37-45)65(9,10)28-27-64(50,7)8/h15-25,32-39,49,55,58,69H,26-31H2,1-14H3. The van der Waals surface area contributed by atoms with Crippen molar-refractivity contribution in [3.05, 3.63) is 171 Å². The summed E-state index contributed by atoms with van der Waals surface area (Å²) in [6, 6.07) is 36.9. The van der Waals surface area contributed by atoms with E-state index in [-0.39, 0.29) is 51.2 Å². The zero-order chi connectivity index (χ0) is 49.9. The topological polar surface area (TPSA) is 24.5 Å². The average molecular weight is 937 g/mol. The lowest BCUT2D eigenvalue weighted by atomic mass is 9.35. The molecular formula is C67H77BN2O. The third-order valence-corrected chi connectivity index (χ3v) is 18.6. The molecule has 0 radical (unpaired) electrons. The van der Waals surface area contributed by atoms with Crippen LogP contribution in [-0.4, -0.2) is 19.4 Å². The number of hydrogen-bond acceptors (Lipinski definition) is 3. The monoisotopic (exact) mass is 937 g/mol. The number of nitrogens with zero attached hydrogens (tertiary/aromatic N) is 1. The number of allylic oxidation sites excluding steroid dienone is 3. The smallest absolute Gasteiger partial charge is 0.292 e. The van der Waals surface area contributed by atoms with Crippen molar-refractivity contribution in [3.8, 4) is 11.1 Å². The lowest BCUT2D eigenvalue weighted by Crippen LogP contribution is -2.54. The first-order valence-electron chi connectivity index (χ1n) is 27.2. The molecule has 0 amide bonds. The molecule has 3 atom stereocenters. The quantitative estimate of drug-likeness (QED) is 0.182. The molecule has 3 nitrogen and oxygen atoms in total. The van der Waals surface area contributed by atoms with Crippen LogP contribution in [0.4, 0.5) is 17.1 Å². The first kappa shape index (κ1) is 46.7. The van der Waals surface area contributed by atoms with E-state index in [1.807, 2.05) is 0 Å². The molecule has 1 fully saturated rings. The minimum atomic E-state index is -0.114. The Kier molecular flexibility index (Phi) is 10.3. The van der Waals surface area contributed by atoms with E-state index >= 15 is 0 Å². The van der Waals surface area contributed by atoms with E-state index in [4.69, 9.17) is 4.74 Å². The summed E-state index contributed by atoms with van der Waals surface area (Å²) in [6.07, 6.45) is 15.7. The van der Waals surface area contributed by atoms with Crippen LogP contribution in [0.5, 0.6) is 0 Å². The van der Waals surface area contributed by atoms with Gasteiger partial charge in [-0.1, -0.05) is 176 Å². The van der Waals surface area contributed by atoms with Crippen LogP contribution in [0, 0.1) is 11.3 Å². The van der Waals surface area contributed by atoms with E-state index in [0.29, 0.717) is 6.04 Å². The van der Waals surface area contributed by atoms with Gasteiger partial charge in [0, 0.05) is 29.0 Å². The summed E-state index contributed by atoms with van der Waals surface area (Å²) in [6.45, 7) is 34.9. The van der Waals surface area contributed by atoms with Crippen molar-refractivity contribution in [2.24, 2.45) is 11.3 Å². The van der Waals surface area contributed by atoms with Gasteiger partial charge < -0.3 is 15.0 Å². The summed E-state index contributed by atoms with van der Waals surface area (Å²) in [4.78, 5) is 2.72. The number of hydrogen-bond donors (Lipinski definition) is 1. The second-order valence-electron chi connectivity index (χ2n) is 27.4. The molecule has 12 rings (SSSR count). The molecule has 4 heteroatoms. The van der Waals surface area contributed by atoms with Crippen LogP contribution < -0.4 is 21.1 Å². The number of anilines is 3. The maximum Gasteiger partial charge on any atom is 0.292 e. The van der Waals surface area contributed by atoms with Crippen molar-refractivity contribution < 1.29 is 4.74 Å². The highest BCUT2D eigenvalue weighted by Gasteiger charge is 2.51. The third-order valence-electron chi connectivity index (χ3n) is 18.6. The fourth-order valence-corrected chi connectivity index (χ4v) is 13.7. The number of nitrogens with one attached hydrogen (secondary N) is 1. The van der Waals surface area contributed by atoms with Gasteiger partial charge in [0.2, 0.25) is 0 Å². The molecule has 7 aliphatic rings. The summed E-state index contributed by atoms with van der Waals surface area (Å²) in [5.41, 5.74) is 25.7. The van der Waals surface area contributed by atoms with Gasteiger partial charge in [0.05, 0.1) is 5.66 Å². The molecule has 5 aromatic rings. The summed E-state index contributed by atoms with van der Waals surface area (Å²) < 4.78 is 7.78.